The second kappa shape index (κ2) is 66.8. The van der Waals surface area contributed by atoms with E-state index in [4.69, 9.17) is 0 Å². The van der Waals surface area contributed by atoms with E-state index < -0.39 is 12.1 Å². The lowest BCUT2D eigenvalue weighted by Crippen LogP contribution is -2.45. The highest BCUT2D eigenvalue weighted by Gasteiger charge is 2.18. The van der Waals surface area contributed by atoms with Crippen LogP contribution in [0, 0.1) is 0 Å². The first-order valence-corrected chi connectivity index (χ1v) is 33.8. The van der Waals surface area contributed by atoms with E-state index in [0.29, 0.717) is 6.42 Å². The van der Waals surface area contributed by atoms with Gasteiger partial charge in [0.15, 0.2) is 0 Å². The molecule has 0 bridgehead atoms. The molecule has 0 aliphatic carbocycles. The van der Waals surface area contributed by atoms with E-state index in [1.807, 2.05) is 6.08 Å². The lowest BCUT2D eigenvalue weighted by molar-refractivity contribution is -0.123. The van der Waals surface area contributed by atoms with Crippen LogP contribution in [-0.2, 0) is 4.79 Å². The fourth-order valence-corrected chi connectivity index (χ4v) is 10.3. The van der Waals surface area contributed by atoms with Gasteiger partial charge in [0.05, 0.1) is 18.8 Å². The zero-order chi connectivity index (χ0) is 54.8. The lowest BCUT2D eigenvalue weighted by atomic mass is 10.0. The number of allylic oxidation sites excluding steroid dienone is 13. The Hall–Kier alpha value is -2.43. The second-order valence-electron chi connectivity index (χ2n) is 22.8. The number of rotatable bonds is 62. The molecule has 3 N–H and O–H groups in total. The molecule has 0 saturated carbocycles. The van der Waals surface area contributed by atoms with Gasteiger partial charge in [-0.3, -0.25) is 4.79 Å². The molecule has 0 aromatic rings. The van der Waals surface area contributed by atoms with Crippen molar-refractivity contribution < 1.29 is 15.0 Å². The Balaban J connectivity index is 3.51. The van der Waals surface area contributed by atoms with Gasteiger partial charge in [0.2, 0.25) is 5.91 Å². The maximum Gasteiger partial charge on any atom is 0.220 e. The second-order valence-corrected chi connectivity index (χ2v) is 22.8. The molecular formula is C72H131NO3. The Kier molecular flexibility index (Phi) is 64.7. The Morgan fingerprint density at radius 3 is 0.921 bits per heavy atom. The number of carbonyl (C=O) groups is 1. The molecule has 442 valence electrons. The molecule has 0 heterocycles. The first-order valence-electron chi connectivity index (χ1n) is 33.8. The summed E-state index contributed by atoms with van der Waals surface area (Å²) in [6.07, 6.45) is 98.1. The topological polar surface area (TPSA) is 69.6 Å². The summed E-state index contributed by atoms with van der Waals surface area (Å²) in [6, 6.07) is -0.650. The number of unbranched alkanes of at least 4 members (excludes halogenated alkanes) is 43. The fraction of sp³-hybridized carbons (Fsp3) is 0.792. The first-order chi connectivity index (χ1) is 37.7. The van der Waals surface area contributed by atoms with Crippen molar-refractivity contribution in [3.63, 3.8) is 0 Å². The van der Waals surface area contributed by atoms with E-state index >= 15 is 0 Å². The molecule has 0 saturated heterocycles. The van der Waals surface area contributed by atoms with E-state index in [1.54, 1.807) is 6.08 Å². The van der Waals surface area contributed by atoms with Gasteiger partial charge in [-0.25, -0.2) is 0 Å². The third kappa shape index (κ3) is 62.4. The minimum absolute atomic E-state index is 0.0751. The number of aliphatic hydroxyl groups is 2. The van der Waals surface area contributed by atoms with Crippen LogP contribution in [-0.4, -0.2) is 34.9 Å². The van der Waals surface area contributed by atoms with E-state index in [-0.39, 0.29) is 12.5 Å². The van der Waals surface area contributed by atoms with Crippen molar-refractivity contribution in [1.82, 2.24) is 5.32 Å². The van der Waals surface area contributed by atoms with Crippen molar-refractivity contribution in [3.8, 4) is 0 Å². The van der Waals surface area contributed by atoms with Crippen LogP contribution in [0.3, 0.4) is 0 Å². The minimum Gasteiger partial charge on any atom is -0.394 e. The van der Waals surface area contributed by atoms with Crippen molar-refractivity contribution in [1.29, 1.82) is 0 Å². The molecule has 0 aliphatic heterocycles. The quantitative estimate of drug-likeness (QED) is 0.0420. The van der Waals surface area contributed by atoms with Gasteiger partial charge >= 0.3 is 0 Å². The Morgan fingerprint density at radius 1 is 0.329 bits per heavy atom. The zero-order valence-electron chi connectivity index (χ0n) is 51.0. The number of nitrogens with one attached hydrogen (secondary N) is 1. The van der Waals surface area contributed by atoms with Gasteiger partial charge in [-0.15, -0.1) is 0 Å². The zero-order valence-corrected chi connectivity index (χ0v) is 51.0. The van der Waals surface area contributed by atoms with Crippen LogP contribution in [0.25, 0.3) is 0 Å². The van der Waals surface area contributed by atoms with E-state index in [1.165, 1.54) is 263 Å². The van der Waals surface area contributed by atoms with Crippen LogP contribution < -0.4 is 5.32 Å². The summed E-state index contributed by atoms with van der Waals surface area (Å²) in [7, 11) is 0. The van der Waals surface area contributed by atoms with Crippen LogP contribution >= 0.6 is 0 Å². The SMILES string of the molecule is CC/C=C\C/C=C\C/C=C\C/C=C\CCCCCCCCCCCCCCCCCCCCC(=O)NC(CO)C(O)/C=C/CC/C=C/CC/C=C/CCCCCCCCCCCCCCCCCCCCCCCCC. The van der Waals surface area contributed by atoms with E-state index in [9.17, 15) is 15.0 Å². The normalized spacial score (nSPS) is 13.3. The summed E-state index contributed by atoms with van der Waals surface area (Å²) in [5.41, 5.74) is 0. The van der Waals surface area contributed by atoms with Crippen LogP contribution in [0.15, 0.2) is 85.1 Å². The van der Waals surface area contributed by atoms with Gasteiger partial charge in [0.25, 0.3) is 0 Å². The molecule has 1 amide bonds. The van der Waals surface area contributed by atoms with Crippen molar-refractivity contribution >= 4 is 5.91 Å². The highest BCUT2D eigenvalue weighted by Crippen LogP contribution is 2.18. The number of hydrogen-bond donors (Lipinski definition) is 3. The lowest BCUT2D eigenvalue weighted by Gasteiger charge is -2.19. The molecule has 2 unspecified atom stereocenters. The summed E-state index contributed by atoms with van der Waals surface area (Å²) in [6.45, 7) is 4.21. The largest absolute Gasteiger partial charge is 0.394 e. The monoisotopic (exact) mass is 1060 g/mol. The van der Waals surface area contributed by atoms with Crippen molar-refractivity contribution in [2.45, 2.75) is 360 Å². The maximum absolute atomic E-state index is 12.5. The Morgan fingerprint density at radius 2 is 0.592 bits per heavy atom. The third-order valence-corrected chi connectivity index (χ3v) is 15.3. The molecule has 0 spiro atoms. The van der Waals surface area contributed by atoms with Gasteiger partial charge in [0.1, 0.15) is 0 Å². The van der Waals surface area contributed by atoms with Gasteiger partial charge in [-0.2, -0.15) is 0 Å². The molecule has 4 heteroatoms. The summed E-state index contributed by atoms with van der Waals surface area (Å²) in [5, 5.41) is 23.2. The highest BCUT2D eigenvalue weighted by atomic mass is 16.3. The molecule has 0 aliphatic rings. The van der Waals surface area contributed by atoms with Gasteiger partial charge in [-0.1, -0.05) is 343 Å². The molecule has 0 radical (unpaired) electrons. The van der Waals surface area contributed by atoms with Crippen LogP contribution in [0.1, 0.15) is 348 Å². The van der Waals surface area contributed by atoms with E-state index in [0.717, 1.165) is 64.2 Å². The average molecular weight is 1060 g/mol. The summed E-state index contributed by atoms with van der Waals surface area (Å²) in [5.74, 6) is -0.0751. The number of aliphatic hydroxyl groups excluding tert-OH is 2. The Bertz CT molecular complexity index is 1340. The average Bonchev–Trinajstić information content (AvgIpc) is 3.42. The third-order valence-electron chi connectivity index (χ3n) is 15.3. The summed E-state index contributed by atoms with van der Waals surface area (Å²) in [4.78, 5) is 12.5. The fourth-order valence-electron chi connectivity index (χ4n) is 10.3. The smallest absolute Gasteiger partial charge is 0.220 e. The highest BCUT2D eigenvalue weighted by molar-refractivity contribution is 5.76. The van der Waals surface area contributed by atoms with Crippen molar-refractivity contribution in [2.75, 3.05) is 6.61 Å². The van der Waals surface area contributed by atoms with Crippen LogP contribution in [0.2, 0.25) is 0 Å². The molecule has 0 fully saturated rings. The number of hydrogen-bond acceptors (Lipinski definition) is 3. The molecular weight excluding hydrogens is 927 g/mol. The standard InChI is InChI=1S/C72H131NO3/c1-3-5-7-9-11-13-15-17-19-21-23-25-27-29-31-33-35-36-38-39-41-43-45-47-49-51-53-55-57-59-61-63-65-67-71(75)70(69-74)73-72(76)68-66-64-62-60-58-56-54-52-50-48-46-44-42-40-37-34-32-30-28-26-24-22-20-18-16-14-12-10-8-6-4-2/h6,8,12,14,18,20,24,26,49,51,57,59,65,67,70-71,74-75H,3-5,7,9-11,13,15-17,19,21-23,25,27-48,50,52-56,58,60-64,66,68-69H2,1-2H3,(H,73,76)/b8-6-,14-12-,20-18-,26-24-,51-49+,59-57+,67-65+. The summed E-state index contributed by atoms with van der Waals surface area (Å²) < 4.78 is 0. The van der Waals surface area contributed by atoms with Crippen molar-refractivity contribution in [2.24, 2.45) is 0 Å². The minimum atomic E-state index is -0.875. The molecule has 0 rings (SSSR count). The predicted molar refractivity (Wildman–Crippen MR) is 340 cm³/mol. The number of carbonyl (C=O) groups excluding carboxylic acids is 1. The summed E-state index contributed by atoms with van der Waals surface area (Å²) >= 11 is 0. The predicted octanol–water partition coefficient (Wildman–Crippen LogP) is 23.0. The molecule has 0 aromatic heterocycles. The molecule has 0 aromatic carbocycles. The molecule has 76 heavy (non-hydrogen) atoms. The van der Waals surface area contributed by atoms with Crippen LogP contribution in [0.5, 0.6) is 0 Å². The van der Waals surface area contributed by atoms with Crippen molar-refractivity contribution in [3.05, 3.63) is 85.1 Å². The van der Waals surface area contributed by atoms with E-state index in [2.05, 4.69) is 92.1 Å². The van der Waals surface area contributed by atoms with Crippen LogP contribution in [0.4, 0.5) is 0 Å². The Labute approximate surface area is 475 Å². The maximum atomic E-state index is 12.5. The van der Waals surface area contributed by atoms with Gasteiger partial charge in [0, 0.05) is 6.42 Å². The molecule has 2 atom stereocenters. The van der Waals surface area contributed by atoms with Gasteiger partial charge in [-0.05, 0) is 83.5 Å². The number of amides is 1. The molecule has 4 nitrogen and oxygen atoms in total. The first kappa shape index (κ1) is 73.6. The van der Waals surface area contributed by atoms with Gasteiger partial charge < -0.3 is 15.5 Å².